The first-order chi connectivity index (χ1) is 10.3. The number of pyridine rings is 1. The van der Waals surface area contributed by atoms with Crippen LogP contribution in [0.1, 0.15) is 45.0 Å². The average molecular weight is 286 g/mol. The van der Waals surface area contributed by atoms with Crippen LogP contribution in [0.15, 0.2) is 29.0 Å². The second-order valence-corrected chi connectivity index (χ2v) is 5.78. The van der Waals surface area contributed by atoms with E-state index in [-0.39, 0.29) is 6.04 Å². The summed E-state index contributed by atoms with van der Waals surface area (Å²) in [6.45, 7) is 6.67. The van der Waals surface area contributed by atoms with E-state index in [0.717, 1.165) is 24.6 Å². The molecule has 0 aliphatic carbocycles. The van der Waals surface area contributed by atoms with Gasteiger partial charge < -0.3 is 4.52 Å². The molecule has 0 amide bonds. The van der Waals surface area contributed by atoms with Crippen LogP contribution in [0.2, 0.25) is 0 Å². The standard InChI is InChI=1S/C16H22N4O/c1-3-13-5-4-10-20(11-13)12(2)16-18-15(19-21-16)14-6-8-17-9-7-14/h6-9,12-13H,3-5,10-11H2,1-2H3. The maximum Gasteiger partial charge on any atom is 0.244 e. The van der Waals surface area contributed by atoms with E-state index in [1.807, 2.05) is 12.1 Å². The molecule has 1 fully saturated rings. The van der Waals surface area contributed by atoms with Crippen LogP contribution in [-0.2, 0) is 0 Å². The van der Waals surface area contributed by atoms with Crippen LogP contribution in [0.3, 0.4) is 0 Å². The summed E-state index contributed by atoms with van der Waals surface area (Å²) in [4.78, 5) is 11.0. The topological polar surface area (TPSA) is 55.1 Å². The Bertz CT molecular complexity index is 569. The Hall–Kier alpha value is -1.75. The molecule has 112 valence electrons. The van der Waals surface area contributed by atoms with Crippen LogP contribution in [0.25, 0.3) is 11.4 Å². The highest BCUT2D eigenvalue weighted by Gasteiger charge is 2.26. The predicted molar refractivity (Wildman–Crippen MR) is 80.5 cm³/mol. The number of likely N-dealkylation sites (tertiary alicyclic amines) is 1. The molecule has 3 rings (SSSR count). The number of hydrogen-bond acceptors (Lipinski definition) is 5. The van der Waals surface area contributed by atoms with Gasteiger partial charge in [0.2, 0.25) is 11.7 Å². The molecule has 5 nitrogen and oxygen atoms in total. The number of piperidine rings is 1. The fourth-order valence-electron chi connectivity index (χ4n) is 2.96. The summed E-state index contributed by atoms with van der Waals surface area (Å²) in [7, 11) is 0. The van der Waals surface area contributed by atoms with Crippen molar-refractivity contribution in [2.24, 2.45) is 5.92 Å². The third-order valence-electron chi connectivity index (χ3n) is 4.41. The van der Waals surface area contributed by atoms with Crippen LogP contribution in [0, 0.1) is 5.92 Å². The quantitative estimate of drug-likeness (QED) is 0.863. The van der Waals surface area contributed by atoms with E-state index in [2.05, 4.69) is 33.9 Å². The van der Waals surface area contributed by atoms with E-state index in [9.17, 15) is 0 Å². The van der Waals surface area contributed by atoms with Gasteiger partial charge in [-0.15, -0.1) is 0 Å². The molecule has 21 heavy (non-hydrogen) atoms. The van der Waals surface area contributed by atoms with Gasteiger partial charge in [-0.25, -0.2) is 0 Å². The van der Waals surface area contributed by atoms with Crippen molar-refractivity contribution in [1.82, 2.24) is 20.0 Å². The molecular weight excluding hydrogens is 264 g/mol. The lowest BCUT2D eigenvalue weighted by Gasteiger charge is -2.34. The van der Waals surface area contributed by atoms with Crippen molar-refractivity contribution in [2.75, 3.05) is 13.1 Å². The third kappa shape index (κ3) is 3.13. The molecule has 3 heterocycles. The Morgan fingerprint density at radius 3 is 2.95 bits per heavy atom. The lowest BCUT2D eigenvalue weighted by atomic mass is 9.95. The number of hydrogen-bond donors (Lipinski definition) is 0. The average Bonchev–Trinajstić information content (AvgIpc) is 3.05. The molecular formula is C16H22N4O. The highest BCUT2D eigenvalue weighted by molar-refractivity contribution is 5.52. The molecule has 2 aromatic rings. The molecule has 1 aliphatic rings. The molecule has 0 spiro atoms. The van der Waals surface area contributed by atoms with Gasteiger partial charge >= 0.3 is 0 Å². The van der Waals surface area contributed by atoms with Crippen molar-refractivity contribution in [3.8, 4) is 11.4 Å². The van der Waals surface area contributed by atoms with E-state index in [1.54, 1.807) is 12.4 Å². The lowest BCUT2D eigenvalue weighted by Crippen LogP contribution is -2.37. The summed E-state index contributed by atoms with van der Waals surface area (Å²) in [5.74, 6) is 2.14. The van der Waals surface area contributed by atoms with Gasteiger partial charge in [0.1, 0.15) is 0 Å². The molecule has 0 bridgehead atoms. The van der Waals surface area contributed by atoms with Crippen molar-refractivity contribution in [3.63, 3.8) is 0 Å². The lowest BCUT2D eigenvalue weighted by molar-refractivity contribution is 0.109. The fourth-order valence-corrected chi connectivity index (χ4v) is 2.96. The highest BCUT2D eigenvalue weighted by Crippen LogP contribution is 2.28. The van der Waals surface area contributed by atoms with E-state index < -0.39 is 0 Å². The van der Waals surface area contributed by atoms with Gasteiger partial charge in [0, 0.05) is 24.5 Å². The Morgan fingerprint density at radius 2 is 2.19 bits per heavy atom. The van der Waals surface area contributed by atoms with Gasteiger partial charge in [0.25, 0.3) is 0 Å². The second-order valence-electron chi connectivity index (χ2n) is 5.78. The van der Waals surface area contributed by atoms with Gasteiger partial charge in [-0.1, -0.05) is 18.5 Å². The first-order valence-corrected chi connectivity index (χ1v) is 7.76. The Labute approximate surface area is 125 Å². The monoisotopic (exact) mass is 286 g/mol. The van der Waals surface area contributed by atoms with Crippen LogP contribution >= 0.6 is 0 Å². The largest absolute Gasteiger partial charge is 0.337 e. The molecule has 0 radical (unpaired) electrons. The van der Waals surface area contributed by atoms with E-state index in [4.69, 9.17) is 4.52 Å². The summed E-state index contributed by atoms with van der Waals surface area (Å²) >= 11 is 0. The van der Waals surface area contributed by atoms with E-state index in [0.29, 0.717) is 11.7 Å². The number of aromatic nitrogens is 3. The predicted octanol–water partition coefficient (Wildman–Crippen LogP) is 3.31. The van der Waals surface area contributed by atoms with Gasteiger partial charge in [-0.05, 0) is 44.4 Å². The Balaban J connectivity index is 1.73. The fraction of sp³-hybridized carbons (Fsp3) is 0.562. The molecule has 0 saturated carbocycles. The van der Waals surface area contributed by atoms with Crippen molar-refractivity contribution in [1.29, 1.82) is 0 Å². The minimum absolute atomic E-state index is 0.183. The summed E-state index contributed by atoms with van der Waals surface area (Å²) in [5.41, 5.74) is 0.942. The summed E-state index contributed by atoms with van der Waals surface area (Å²) in [6, 6.07) is 3.98. The van der Waals surface area contributed by atoms with Crippen LogP contribution in [-0.4, -0.2) is 33.1 Å². The summed E-state index contributed by atoms with van der Waals surface area (Å²) < 4.78 is 5.48. The van der Waals surface area contributed by atoms with Crippen molar-refractivity contribution in [2.45, 2.75) is 39.2 Å². The van der Waals surface area contributed by atoms with Crippen LogP contribution < -0.4 is 0 Å². The zero-order valence-electron chi connectivity index (χ0n) is 12.7. The normalized spacial score (nSPS) is 21.3. The summed E-state index contributed by atoms with van der Waals surface area (Å²) in [6.07, 6.45) is 7.33. The van der Waals surface area contributed by atoms with Crippen molar-refractivity contribution < 1.29 is 4.52 Å². The van der Waals surface area contributed by atoms with Crippen molar-refractivity contribution >= 4 is 0 Å². The molecule has 0 aromatic carbocycles. The molecule has 5 heteroatoms. The maximum atomic E-state index is 5.48. The third-order valence-corrected chi connectivity index (χ3v) is 4.41. The first-order valence-electron chi connectivity index (χ1n) is 7.76. The van der Waals surface area contributed by atoms with Gasteiger partial charge in [-0.2, -0.15) is 4.98 Å². The molecule has 1 aliphatic heterocycles. The molecule has 0 N–H and O–H groups in total. The van der Waals surface area contributed by atoms with Gasteiger partial charge in [-0.3, -0.25) is 9.88 Å². The van der Waals surface area contributed by atoms with Gasteiger partial charge in [0.15, 0.2) is 0 Å². The Kier molecular flexibility index (Phi) is 4.29. The second kappa shape index (κ2) is 6.35. The minimum atomic E-state index is 0.183. The Morgan fingerprint density at radius 1 is 1.38 bits per heavy atom. The van der Waals surface area contributed by atoms with Crippen LogP contribution in [0.5, 0.6) is 0 Å². The van der Waals surface area contributed by atoms with Crippen LogP contribution in [0.4, 0.5) is 0 Å². The SMILES string of the molecule is CCC1CCCN(C(C)c2nc(-c3ccncc3)no2)C1. The molecule has 2 aromatic heterocycles. The van der Waals surface area contributed by atoms with Crippen molar-refractivity contribution in [3.05, 3.63) is 30.4 Å². The van der Waals surface area contributed by atoms with Gasteiger partial charge in [0.05, 0.1) is 6.04 Å². The van der Waals surface area contributed by atoms with E-state index in [1.165, 1.54) is 19.3 Å². The minimum Gasteiger partial charge on any atom is -0.337 e. The zero-order valence-corrected chi connectivity index (χ0v) is 12.7. The highest BCUT2D eigenvalue weighted by atomic mass is 16.5. The number of nitrogens with zero attached hydrogens (tertiary/aromatic N) is 4. The molecule has 2 atom stereocenters. The molecule has 2 unspecified atom stereocenters. The first kappa shape index (κ1) is 14.2. The van der Waals surface area contributed by atoms with E-state index >= 15 is 0 Å². The zero-order chi connectivity index (χ0) is 14.7. The molecule has 1 saturated heterocycles. The smallest absolute Gasteiger partial charge is 0.244 e. The maximum absolute atomic E-state index is 5.48. The summed E-state index contributed by atoms with van der Waals surface area (Å²) in [5, 5.41) is 4.10. The number of rotatable bonds is 4.